The number of oxazole rings is 1. The maximum atomic E-state index is 12.6. The highest BCUT2D eigenvalue weighted by Crippen LogP contribution is 2.28. The molecule has 0 aliphatic carbocycles. The summed E-state index contributed by atoms with van der Waals surface area (Å²) in [6, 6.07) is 11.8. The van der Waals surface area contributed by atoms with Gasteiger partial charge in [0.25, 0.3) is 11.9 Å². The number of ether oxygens (including phenoxy) is 1. The van der Waals surface area contributed by atoms with Crippen molar-refractivity contribution < 1.29 is 13.9 Å². The molecule has 1 fully saturated rings. The van der Waals surface area contributed by atoms with Gasteiger partial charge in [0.2, 0.25) is 0 Å². The third-order valence-electron chi connectivity index (χ3n) is 5.18. The van der Waals surface area contributed by atoms with Gasteiger partial charge >= 0.3 is 0 Å². The number of aromatic nitrogens is 1. The van der Waals surface area contributed by atoms with E-state index in [1.165, 1.54) is 12.8 Å². The van der Waals surface area contributed by atoms with Gasteiger partial charge in [-0.3, -0.25) is 4.79 Å². The fourth-order valence-corrected chi connectivity index (χ4v) is 3.74. The van der Waals surface area contributed by atoms with Crippen LogP contribution in [0.4, 0.5) is 11.7 Å². The monoisotopic (exact) mass is 363 g/mol. The van der Waals surface area contributed by atoms with Crippen molar-refractivity contribution in [3.63, 3.8) is 0 Å². The lowest BCUT2D eigenvalue weighted by molar-refractivity contribution is 0.102. The summed E-state index contributed by atoms with van der Waals surface area (Å²) in [5, 5.41) is 2.96. The molecule has 0 saturated carbocycles. The molecular weight excluding hydrogens is 342 g/mol. The van der Waals surface area contributed by atoms with Crippen LogP contribution >= 0.6 is 0 Å². The summed E-state index contributed by atoms with van der Waals surface area (Å²) in [5.74, 6) is 0.752. The SMILES string of the molecule is O=C(Nc1ccc2oc(N3CCCC3)nc2c1)c1ccc2c(c1)CCCO2. The Hall–Kier alpha value is -3.02. The maximum absolute atomic E-state index is 12.6. The molecule has 5 rings (SSSR count). The normalized spacial score (nSPS) is 16.2. The van der Waals surface area contributed by atoms with Gasteiger partial charge in [-0.1, -0.05) is 0 Å². The van der Waals surface area contributed by atoms with Crippen molar-refractivity contribution in [1.82, 2.24) is 4.98 Å². The minimum Gasteiger partial charge on any atom is -0.493 e. The van der Waals surface area contributed by atoms with E-state index in [-0.39, 0.29) is 5.91 Å². The van der Waals surface area contributed by atoms with Gasteiger partial charge in [0.05, 0.1) is 6.61 Å². The number of carbonyl (C=O) groups excluding carboxylic acids is 1. The molecule has 6 heteroatoms. The molecule has 1 aromatic heterocycles. The zero-order valence-electron chi connectivity index (χ0n) is 15.0. The largest absolute Gasteiger partial charge is 0.493 e. The van der Waals surface area contributed by atoms with E-state index in [1.54, 1.807) is 6.07 Å². The van der Waals surface area contributed by atoms with Crippen LogP contribution < -0.4 is 15.0 Å². The second-order valence-electron chi connectivity index (χ2n) is 7.10. The number of hydrogen-bond acceptors (Lipinski definition) is 5. The summed E-state index contributed by atoms with van der Waals surface area (Å²) >= 11 is 0. The molecule has 0 radical (unpaired) electrons. The Kier molecular flexibility index (Phi) is 3.96. The quantitative estimate of drug-likeness (QED) is 0.762. The Bertz CT molecular complexity index is 1010. The van der Waals surface area contributed by atoms with E-state index in [1.807, 2.05) is 30.3 Å². The average Bonchev–Trinajstić information content (AvgIpc) is 3.36. The van der Waals surface area contributed by atoms with Crippen molar-refractivity contribution in [3.8, 4) is 5.75 Å². The highest BCUT2D eigenvalue weighted by molar-refractivity contribution is 6.05. The lowest BCUT2D eigenvalue weighted by atomic mass is 10.0. The van der Waals surface area contributed by atoms with Crippen molar-refractivity contribution >= 4 is 28.7 Å². The third kappa shape index (κ3) is 3.12. The molecule has 0 bridgehead atoms. The first-order valence-electron chi connectivity index (χ1n) is 9.49. The molecule has 6 nitrogen and oxygen atoms in total. The van der Waals surface area contributed by atoms with Crippen molar-refractivity contribution in [2.24, 2.45) is 0 Å². The Morgan fingerprint density at radius 1 is 1.07 bits per heavy atom. The number of benzene rings is 2. The maximum Gasteiger partial charge on any atom is 0.298 e. The van der Waals surface area contributed by atoms with Crippen LogP contribution in [0, 0.1) is 0 Å². The van der Waals surface area contributed by atoms with Crippen molar-refractivity contribution in [2.45, 2.75) is 25.7 Å². The van der Waals surface area contributed by atoms with Gasteiger partial charge in [-0.05, 0) is 67.6 Å². The zero-order valence-corrected chi connectivity index (χ0v) is 15.0. The number of rotatable bonds is 3. The van der Waals surface area contributed by atoms with E-state index in [4.69, 9.17) is 9.15 Å². The molecule has 1 saturated heterocycles. The number of carbonyl (C=O) groups is 1. The van der Waals surface area contributed by atoms with Crippen molar-refractivity contribution in [3.05, 3.63) is 47.5 Å². The minimum absolute atomic E-state index is 0.133. The highest BCUT2D eigenvalue weighted by Gasteiger charge is 2.19. The Balaban J connectivity index is 1.36. The van der Waals surface area contributed by atoms with E-state index >= 15 is 0 Å². The number of anilines is 2. The van der Waals surface area contributed by atoms with E-state index in [0.717, 1.165) is 55.0 Å². The molecule has 138 valence electrons. The van der Waals surface area contributed by atoms with Crippen LogP contribution in [-0.2, 0) is 6.42 Å². The lowest BCUT2D eigenvalue weighted by Gasteiger charge is -2.17. The predicted molar refractivity (Wildman–Crippen MR) is 104 cm³/mol. The molecular formula is C21H21N3O3. The average molecular weight is 363 g/mol. The van der Waals surface area contributed by atoms with Crippen LogP contribution in [0.25, 0.3) is 11.1 Å². The van der Waals surface area contributed by atoms with Crippen LogP contribution in [0.15, 0.2) is 40.8 Å². The molecule has 1 N–H and O–H groups in total. The summed E-state index contributed by atoms with van der Waals surface area (Å²) in [6.07, 6.45) is 4.28. The topological polar surface area (TPSA) is 67.6 Å². The van der Waals surface area contributed by atoms with Crippen LogP contribution in [0.1, 0.15) is 35.2 Å². The molecule has 3 heterocycles. The van der Waals surface area contributed by atoms with Gasteiger partial charge in [-0.2, -0.15) is 4.98 Å². The number of nitrogens with one attached hydrogen (secondary N) is 1. The van der Waals surface area contributed by atoms with Crippen LogP contribution in [0.2, 0.25) is 0 Å². The van der Waals surface area contributed by atoms with Crippen molar-refractivity contribution in [2.75, 3.05) is 29.9 Å². The Morgan fingerprint density at radius 2 is 1.96 bits per heavy atom. The first-order valence-corrected chi connectivity index (χ1v) is 9.49. The van der Waals surface area contributed by atoms with Gasteiger partial charge in [-0.25, -0.2) is 0 Å². The fraction of sp³-hybridized carbons (Fsp3) is 0.333. The van der Waals surface area contributed by atoms with Gasteiger partial charge in [0, 0.05) is 24.3 Å². The second-order valence-corrected chi connectivity index (χ2v) is 7.10. The summed E-state index contributed by atoms with van der Waals surface area (Å²) in [5.41, 5.74) is 3.94. The first kappa shape index (κ1) is 16.2. The Morgan fingerprint density at radius 3 is 2.85 bits per heavy atom. The predicted octanol–water partition coefficient (Wildman–Crippen LogP) is 4.01. The molecule has 0 atom stereocenters. The first-order chi connectivity index (χ1) is 13.3. The zero-order chi connectivity index (χ0) is 18.2. The standard InChI is InChI=1S/C21H21N3O3/c25-20(15-5-7-18-14(12-15)4-3-11-26-18)22-16-6-8-19-17(13-16)23-21(27-19)24-9-1-2-10-24/h5-8,12-13H,1-4,9-11H2,(H,22,25). The van der Waals surface area contributed by atoms with Crippen LogP contribution in [0.5, 0.6) is 5.75 Å². The van der Waals surface area contributed by atoms with Gasteiger partial charge in [0.15, 0.2) is 5.58 Å². The highest BCUT2D eigenvalue weighted by atomic mass is 16.5. The van der Waals surface area contributed by atoms with Crippen LogP contribution in [-0.4, -0.2) is 30.6 Å². The van der Waals surface area contributed by atoms with E-state index < -0.39 is 0 Å². The second kappa shape index (κ2) is 6.61. The van der Waals surface area contributed by atoms with Gasteiger partial charge in [-0.15, -0.1) is 0 Å². The summed E-state index contributed by atoms with van der Waals surface area (Å²) in [6.45, 7) is 2.71. The number of amides is 1. The van der Waals surface area contributed by atoms with Crippen molar-refractivity contribution in [1.29, 1.82) is 0 Å². The molecule has 0 spiro atoms. The van der Waals surface area contributed by atoms with E-state index in [9.17, 15) is 4.79 Å². The molecule has 2 aromatic carbocycles. The smallest absolute Gasteiger partial charge is 0.298 e. The summed E-state index contributed by atoms with van der Waals surface area (Å²) in [4.78, 5) is 19.4. The fourth-order valence-electron chi connectivity index (χ4n) is 3.74. The molecule has 3 aromatic rings. The summed E-state index contributed by atoms with van der Waals surface area (Å²) in [7, 11) is 0. The van der Waals surface area contributed by atoms with Gasteiger partial charge < -0.3 is 19.4 Å². The van der Waals surface area contributed by atoms with Gasteiger partial charge in [0.1, 0.15) is 11.3 Å². The molecule has 1 amide bonds. The molecule has 27 heavy (non-hydrogen) atoms. The van der Waals surface area contributed by atoms with Crippen LogP contribution in [0.3, 0.4) is 0 Å². The molecule has 0 unspecified atom stereocenters. The minimum atomic E-state index is -0.133. The Labute approximate surface area is 157 Å². The molecule has 2 aliphatic heterocycles. The number of nitrogens with zero attached hydrogens (tertiary/aromatic N) is 2. The van der Waals surface area contributed by atoms with E-state index in [0.29, 0.717) is 17.3 Å². The third-order valence-corrected chi connectivity index (χ3v) is 5.18. The number of aryl methyl sites for hydroxylation is 1. The number of fused-ring (bicyclic) bond motifs is 2. The lowest BCUT2D eigenvalue weighted by Crippen LogP contribution is -2.17. The number of hydrogen-bond donors (Lipinski definition) is 1. The van der Waals surface area contributed by atoms with E-state index in [2.05, 4.69) is 15.2 Å². The molecule has 2 aliphatic rings. The summed E-state index contributed by atoms with van der Waals surface area (Å²) < 4.78 is 11.5.